The number of rotatable bonds is 5. The summed E-state index contributed by atoms with van der Waals surface area (Å²) in [5.41, 5.74) is 0. The molecule has 2 fully saturated rings. The van der Waals surface area contributed by atoms with Crippen molar-refractivity contribution >= 4 is 11.9 Å². The smallest absolute Gasteiger partial charge is 0.336 e. The van der Waals surface area contributed by atoms with Crippen LogP contribution in [0.5, 0.6) is 0 Å². The first kappa shape index (κ1) is 13.3. The molecule has 2 bridgehead atoms. The summed E-state index contributed by atoms with van der Waals surface area (Å²) in [5, 5.41) is 11.9. The van der Waals surface area contributed by atoms with Gasteiger partial charge in [-0.2, -0.15) is 0 Å². The number of aliphatic hydroxyl groups is 1. The third kappa shape index (κ3) is 3.02. The van der Waals surface area contributed by atoms with Gasteiger partial charge in [-0.25, -0.2) is 4.79 Å². The van der Waals surface area contributed by atoms with E-state index in [1.54, 1.807) is 0 Å². The monoisotopic (exact) mass is 255 g/mol. The van der Waals surface area contributed by atoms with E-state index in [0.29, 0.717) is 18.3 Å². The molecule has 4 unspecified atom stereocenters. The van der Waals surface area contributed by atoms with Crippen LogP contribution in [0.15, 0.2) is 0 Å². The highest BCUT2D eigenvalue weighted by molar-refractivity contribution is 5.78. The molecule has 0 aromatic rings. The molecule has 0 spiro atoms. The van der Waals surface area contributed by atoms with Gasteiger partial charge in [0, 0.05) is 6.42 Å². The van der Waals surface area contributed by atoms with Crippen LogP contribution in [-0.2, 0) is 14.3 Å². The molecule has 2 aliphatic carbocycles. The van der Waals surface area contributed by atoms with Crippen molar-refractivity contribution in [3.05, 3.63) is 0 Å². The van der Waals surface area contributed by atoms with Crippen LogP contribution in [0, 0.1) is 17.8 Å². The maximum Gasteiger partial charge on any atom is 0.336 e. The van der Waals surface area contributed by atoms with Gasteiger partial charge in [0.05, 0.1) is 13.7 Å². The van der Waals surface area contributed by atoms with Crippen molar-refractivity contribution < 1.29 is 19.4 Å². The molecule has 0 radical (unpaired) electrons. The van der Waals surface area contributed by atoms with Crippen molar-refractivity contribution in [2.75, 3.05) is 13.7 Å². The molecule has 2 saturated carbocycles. The van der Waals surface area contributed by atoms with Crippen molar-refractivity contribution in [1.82, 2.24) is 5.32 Å². The van der Waals surface area contributed by atoms with Crippen LogP contribution in [0.25, 0.3) is 0 Å². The van der Waals surface area contributed by atoms with Gasteiger partial charge in [-0.15, -0.1) is 0 Å². The summed E-state index contributed by atoms with van der Waals surface area (Å²) in [6.45, 7) is -0.0632. The standard InChI is InChI=1S/C13H21NO4/c1-18-13(17)11(15)7-14-12(16)6-10-5-8-2-3-9(10)4-8/h8-11,15H,2-7H2,1H3,(H,14,16). The van der Waals surface area contributed by atoms with Crippen molar-refractivity contribution in [3.63, 3.8) is 0 Å². The normalized spacial score (nSPS) is 31.1. The quantitative estimate of drug-likeness (QED) is 0.700. The second kappa shape index (κ2) is 5.69. The number of carbonyl (C=O) groups excluding carboxylic acids is 2. The average molecular weight is 255 g/mol. The van der Waals surface area contributed by atoms with Gasteiger partial charge in [0.2, 0.25) is 5.91 Å². The van der Waals surface area contributed by atoms with Crippen LogP contribution in [-0.4, -0.2) is 36.7 Å². The van der Waals surface area contributed by atoms with E-state index in [0.717, 1.165) is 12.3 Å². The third-order valence-corrected chi connectivity index (χ3v) is 4.30. The number of hydrogen-bond acceptors (Lipinski definition) is 4. The maximum absolute atomic E-state index is 11.7. The molecule has 102 valence electrons. The number of ether oxygens (including phenoxy) is 1. The predicted octanol–water partition coefficient (Wildman–Crippen LogP) is 0.463. The lowest BCUT2D eigenvalue weighted by molar-refractivity contribution is -0.150. The fourth-order valence-electron chi connectivity index (χ4n) is 3.37. The molecule has 4 atom stereocenters. The van der Waals surface area contributed by atoms with E-state index in [4.69, 9.17) is 0 Å². The Morgan fingerprint density at radius 2 is 2.17 bits per heavy atom. The van der Waals surface area contributed by atoms with Crippen molar-refractivity contribution in [2.45, 2.75) is 38.2 Å². The van der Waals surface area contributed by atoms with E-state index in [2.05, 4.69) is 10.1 Å². The summed E-state index contributed by atoms with van der Waals surface area (Å²) in [5.74, 6) is 1.25. The Bertz CT molecular complexity index is 331. The van der Waals surface area contributed by atoms with Gasteiger partial charge in [-0.05, 0) is 37.0 Å². The minimum Gasteiger partial charge on any atom is -0.467 e. The second-order valence-corrected chi connectivity index (χ2v) is 5.48. The van der Waals surface area contributed by atoms with Crippen LogP contribution in [0.3, 0.4) is 0 Å². The summed E-state index contributed by atoms with van der Waals surface area (Å²) < 4.78 is 4.38. The fourth-order valence-corrected chi connectivity index (χ4v) is 3.37. The minimum absolute atomic E-state index is 0.0632. The largest absolute Gasteiger partial charge is 0.467 e. The molecule has 5 nitrogen and oxygen atoms in total. The van der Waals surface area contributed by atoms with Crippen LogP contribution in [0.1, 0.15) is 32.1 Å². The van der Waals surface area contributed by atoms with Gasteiger partial charge in [-0.1, -0.05) is 6.42 Å². The summed E-state index contributed by atoms with van der Waals surface area (Å²) in [7, 11) is 1.21. The molecule has 1 amide bonds. The molecule has 0 aromatic heterocycles. The second-order valence-electron chi connectivity index (χ2n) is 5.48. The Morgan fingerprint density at radius 3 is 2.72 bits per heavy atom. The van der Waals surface area contributed by atoms with Gasteiger partial charge >= 0.3 is 5.97 Å². The van der Waals surface area contributed by atoms with E-state index in [1.807, 2.05) is 0 Å². The number of fused-ring (bicyclic) bond motifs is 2. The first-order chi connectivity index (χ1) is 8.60. The van der Waals surface area contributed by atoms with Gasteiger partial charge in [0.1, 0.15) is 0 Å². The molecule has 0 heterocycles. The number of hydrogen-bond donors (Lipinski definition) is 2. The molecular weight excluding hydrogens is 234 g/mol. The number of nitrogens with one attached hydrogen (secondary N) is 1. The van der Waals surface area contributed by atoms with Crippen LogP contribution in [0.4, 0.5) is 0 Å². The van der Waals surface area contributed by atoms with Crippen molar-refractivity contribution in [1.29, 1.82) is 0 Å². The Balaban J connectivity index is 1.68. The highest BCUT2D eigenvalue weighted by Gasteiger charge is 2.40. The Kier molecular flexibility index (Phi) is 4.22. The Labute approximate surface area is 107 Å². The zero-order chi connectivity index (χ0) is 13.1. The summed E-state index contributed by atoms with van der Waals surface area (Å²) in [6, 6.07) is 0. The van der Waals surface area contributed by atoms with E-state index < -0.39 is 12.1 Å². The number of esters is 1. The maximum atomic E-state index is 11.7. The molecule has 2 rings (SSSR count). The Morgan fingerprint density at radius 1 is 1.39 bits per heavy atom. The molecule has 18 heavy (non-hydrogen) atoms. The lowest BCUT2D eigenvalue weighted by atomic mass is 9.86. The summed E-state index contributed by atoms with van der Waals surface area (Å²) in [4.78, 5) is 22.7. The molecule has 5 heteroatoms. The zero-order valence-corrected chi connectivity index (χ0v) is 10.7. The number of amides is 1. The van der Waals surface area contributed by atoms with Gasteiger partial charge in [0.25, 0.3) is 0 Å². The molecule has 0 aliphatic heterocycles. The Hall–Kier alpha value is -1.10. The minimum atomic E-state index is -1.26. The number of aliphatic hydroxyl groups excluding tert-OH is 1. The van der Waals surface area contributed by atoms with Crippen LogP contribution >= 0.6 is 0 Å². The SMILES string of the molecule is COC(=O)C(O)CNC(=O)CC1CC2CCC1C2. The van der Waals surface area contributed by atoms with E-state index in [-0.39, 0.29) is 12.5 Å². The average Bonchev–Trinajstić information content (AvgIpc) is 2.97. The molecule has 2 N–H and O–H groups in total. The van der Waals surface area contributed by atoms with Crippen LogP contribution < -0.4 is 5.32 Å². The lowest BCUT2D eigenvalue weighted by Crippen LogP contribution is -2.38. The van der Waals surface area contributed by atoms with Gasteiger partial charge < -0.3 is 15.2 Å². The lowest BCUT2D eigenvalue weighted by Gasteiger charge is -2.21. The van der Waals surface area contributed by atoms with Crippen molar-refractivity contribution in [3.8, 4) is 0 Å². The zero-order valence-electron chi connectivity index (χ0n) is 10.7. The molecular formula is C13H21NO4. The van der Waals surface area contributed by atoms with Gasteiger partial charge in [-0.3, -0.25) is 4.79 Å². The van der Waals surface area contributed by atoms with Crippen LogP contribution in [0.2, 0.25) is 0 Å². The summed E-state index contributed by atoms with van der Waals surface area (Å²) >= 11 is 0. The number of methoxy groups -OCH3 is 1. The van der Waals surface area contributed by atoms with Gasteiger partial charge in [0.15, 0.2) is 6.10 Å². The van der Waals surface area contributed by atoms with E-state index in [1.165, 1.54) is 26.4 Å². The fraction of sp³-hybridized carbons (Fsp3) is 0.846. The first-order valence-corrected chi connectivity index (χ1v) is 6.62. The first-order valence-electron chi connectivity index (χ1n) is 6.62. The molecule has 2 aliphatic rings. The molecule has 0 aromatic carbocycles. The van der Waals surface area contributed by atoms with Crippen molar-refractivity contribution in [2.24, 2.45) is 17.8 Å². The summed E-state index contributed by atoms with van der Waals surface area (Å²) in [6.07, 6.45) is 4.28. The number of carbonyl (C=O) groups is 2. The third-order valence-electron chi connectivity index (χ3n) is 4.30. The van der Waals surface area contributed by atoms with E-state index >= 15 is 0 Å². The highest BCUT2D eigenvalue weighted by Crippen LogP contribution is 2.49. The topological polar surface area (TPSA) is 75.6 Å². The highest BCUT2D eigenvalue weighted by atomic mass is 16.5. The van der Waals surface area contributed by atoms with E-state index in [9.17, 15) is 14.7 Å². The molecule has 0 saturated heterocycles. The predicted molar refractivity (Wildman–Crippen MR) is 64.6 cm³/mol.